The molecule has 3 aliphatic carbocycles. The van der Waals surface area contributed by atoms with E-state index in [1.165, 1.54) is 24.8 Å². The lowest BCUT2D eigenvalue weighted by Crippen LogP contribution is -2.46. The number of unbranched alkanes of at least 4 members (excludes halogenated alkanes) is 1. The molecule has 1 aromatic carbocycles. The maximum absolute atomic E-state index is 12.3. The van der Waals surface area contributed by atoms with Crippen LogP contribution in [0.2, 0.25) is 0 Å². The molecule has 4 rings (SSSR count). The van der Waals surface area contributed by atoms with Crippen molar-refractivity contribution in [1.29, 1.82) is 0 Å². The summed E-state index contributed by atoms with van der Waals surface area (Å²) in [5.74, 6) is 1.85. The molecule has 0 radical (unpaired) electrons. The third kappa shape index (κ3) is 6.37. The second kappa shape index (κ2) is 11.0. The van der Waals surface area contributed by atoms with Crippen LogP contribution in [0.4, 0.5) is 4.79 Å². The highest BCUT2D eigenvalue weighted by Crippen LogP contribution is 2.46. The molecule has 5 heteroatoms. The molecule has 3 saturated carbocycles. The second-order valence-corrected chi connectivity index (χ2v) is 9.38. The van der Waals surface area contributed by atoms with Crippen LogP contribution in [0.3, 0.4) is 0 Å². The number of hydrogen-bond acceptors (Lipinski definition) is 4. The monoisotopic (exact) mass is 416 g/mol. The summed E-state index contributed by atoms with van der Waals surface area (Å²) in [6, 6.07) is 8.75. The number of para-hydroxylation sites is 1. The highest BCUT2D eigenvalue weighted by atomic mass is 16.6. The van der Waals surface area contributed by atoms with Gasteiger partial charge in [-0.05, 0) is 95.7 Å². The van der Waals surface area contributed by atoms with E-state index in [2.05, 4.69) is 36.2 Å². The van der Waals surface area contributed by atoms with Gasteiger partial charge >= 0.3 is 6.09 Å². The van der Waals surface area contributed by atoms with Gasteiger partial charge in [0.05, 0.1) is 7.11 Å². The quantitative estimate of drug-likeness (QED) is 0.505. The van der Waals surface area contributed by atoms with Crippen LogP contribution >= 0.6 is 0 Å². The number of nitrogens with one attached hydrogen (secondary N) is 1. The van der Waals surface area contributed by atoms with Gasteiger partial charge in [-0.25, -0.2) is 4.79 Å². The van der Waals surface area contributed by atoms with Crippen molar-refractivity contribution in [2.24, 2.45) is 5.92 Å². The third-order valence-electron chi connectivity index (χ3n) is 7.07. The van der Waals surface area contributed by atoms with Crippen LogP contribution in [0.25, 0.3) is 0 Å². The van der Waals surface area contributed by atoms with Crippen molar-refractivity contribution in [2.75, 3.05) is 26.7 Å². The molecule has 168 valence electrons. The minimum absolute atomic E-state index is 0.161. The van der Waals surface area contributed by atoms with Gasteiger partial charge in [-0.15, -0.1) is 0 Å². The number of methoxy groups -OCH3 is 1. The summed E-state index contributed by atoms with van der Waals surface area (Å²) in [5, 5.41) is 2.99. The van der Waals surface area contributed by atoms with Crippen molar-refractivity contribution in [3.8, 4) is 5.75 Å². The second-order valence-electron chi connectivity index (χ2n) is 9.38. The zero-order valence-electron chi connectivity index (χ0n) is 19.1. The number of nitrogens with zero attached hydrogens (tertiary/aromatic N) is 1. The van der Waals surface area contributed by atoms with Gasteiger partial charge in [0.2, 0.25) is 0 Å². The molecular weight excluding hydrogens is 376 g/mol. The van der Waals surface area contributed by atoms with Crippen molar-refractivity contribution in [1.82, 2.24) is 10.2 Å². The number of alkyl carbamates (subject to hydrolysis) is 1. The molecular formula is C25H40N2O3. The van der Waals surface area contributed by atoms with Gasteiger partial charge in [-0.2, -0.15) is 0 Å². The summed E-state index contributed by atoms with van der Waals surface area (Å²) in [7, 11) is 1.73. The fourth-order valence-corrected chi connectivity index (χ4v) is 5.03. The molecule has 2 bridgehead atoms. The van der Waals surface area contributed by atoms with Crippen molar-refractivity contribution >= 4 is 6.09 Å². The maximum atomic E-state index is 12.3. The lowest BCUT2D eigenvalue weighted by atomic mass is 9.68. The van der Waals surface area contributed by atoms with Gasteiger partial charge in [0, 0.05) is 19.1 Å². The van der Waals surface area contributed by atoms with E-state index < -0.39 is 0 Å². The zero-order valence-corrected chi connectivity index (χ0v) is 19.1. The molecule has 0 unspecified atom stereocenters. The standard InChI is InChI=1S/C25H40N2O3/c1-20(2)27(19-13-22-8-4-5-9-23(22)29-3)18-7-6-17-26-24(28)30-25-14-10-21(11-15-25)12-16-25/h4-5,8-9,20-21H,6-7,10-19H2,1-3H3,(H,26,28). The van der Waals surface area contributed by atoms with Gasteiger partial charge in [-0.3, -0.25) is 0 Å². The number of benzene rings is 1. The van der Waals surface area contributed by atoms with Crippen LogP contribution < -0.4 is 10.1 Å². The minimum Gasteiger partial charge on any atom is -0.496 e. The van der Waals surface area contributed by atoms with E-state index in [0.29, 0.717) is 12.6 Å². The Morgan fingerprint density at radius 1 is 1.13 bits per heavy atom. The Bertz CT molecular complexity index is 654. The van der Waals surface area contributed by atoms with Gasteiger partial charge in [0.15, 0.2) is 0 Å². The number of carbonyl (C=O) groups is 1. The van der Waals surface area contributed by atoms with E-state index in [9.17, 15) is 4.79 Å². The molecule has 0 spiro atoms. The Balaban J connectivity index is 1.33. The predicted octanol–water partition coefficient (Wildman–Crippen LogP) is 5.18. The van der Waals surface area contributed by atoms with Crippen LogP contribution in [0, 0.1) is 5.92 Å². The molecule has 0 heterocycles. The van der Waals surface area contributed by atoms with E-state index in [1.807, 2.05) is 12.1 Å². The normalized spacial score (nSPS) is 23.0. The van der Waals surface area contributed by atoms with Gasteiger partial charge in [0.1, 0.15) is 11.4 Å². The fraction of sp³-hybridized carbons (Fsp3) is 0.720. The highest BCUT2D eigenvalue weighted by molar-refractivity contribution is 5.67. The maximum Gasteiger partial charge on any atom is 0.407 e. The summed E-state index contributed by atoms with van der Waals surface area (Å²) in [6.45, 7) is 7.23. The first-order chi connectivity index (χ1) is 14.5. The largest absolute Gasteiger partial charge is 0.496 e. The molecule has 30 heavy (non-hydrogen) atoms. The van der Waals surface area contributed by atoms with Crippen molar-refractivity contribution in [3.63, 3.8) is 0 Å². The smallest absolute Gasteiger partial charge is 0.407 e. The van der Waals surface area contributed by atoms with E-state index in [4.69, 9.17) is 9.47 Å². The molecule has 0 aromatic heterocycles. The number of hydrogen-bond donors (Lipinski definition) is 1. The van der Waals surface area contributed by atoms with Crippen LogP contribution in [0.5, 0.6) is 5.75 Å². The van der Waals surface area contributed by atoms with Crippen LogP contribution in [0.15, 0.2) is 24.3 Å². The average molecular weight is 417 g/mol. The van der Waals surface area contributed by atoms with Crippen molar-refractivity contribution in [3.05, 3.63) is 29.8 Å². The summed E-state index contributed by atoms with van der Waals surface area (Å²) < 4.78 is 11.3. The van der Waals surface area contributed by atoms with Crippen molar-refractivity contribution in [2.45, 2.75) is 83.3 Å². The number of rotatable bonds is 11. The van der Waals surface area contributed by atoms with E-state index in [0.717, 1.165) is 63.3 Å². The summed E-state index contributed by atoms with van der Waals surface area (Å²) in [4.78, 5) is 14.8. The van der Waals surface area contributed by atoms with Gasteiger partial charge < -0.3 is 19.7 Å². The number of carbonyl (C=O) groups excluding carboxylic acids is 1. The Morgan fingerprint density at radius 3 is 2.50 bits per heavy atom. The molecule has 0 aliphatic heterocycles. The summed E-state index contributed by atoms with van der Waals surface area (Å²) in [6.07, 6.45) is 9.66. The molecule has 5 nitrogen and oxygen atoms in total. The average Bonchev–Trinajstić information content (AvgIpc) is 2.76. The predicted molar refractivity (Wildman–Crippen MR) is 121 cm³/mol. The molecule has 1 aromatic rings. The number of amides is 1. The SMILES string of the molecule is COc1ccccc1CCN(CCCCNC(=O)OC12CCC(CC1)CC2)C(C)C. The number of fused-ring (bicyclic) bond motifs is 3. The summed E-state index contributed by atoms with van der Waals surface area (Å²) in [5.41, 5.74) is 1.09. The number of ether oxygens (including phenoxy) is 2. The van der Waals surface area contributed by atoms with Gasteiger partial charge in [0.25, 0.3) is 0 Å². The highest BCUT2D eigenvalue weighted by Gasteiger charge is 2.43. The van der Waals surface area contributed by atoms with E-state index >= 15 is 0 Å². The minimum atomic E-state index is -0.216. The first-order valence-corrected chi connectivity index (χ1v) is 11.8. The van der Waals surface area contributed by atoms with Crippen LogP contribution in [-0.4, -0.2) is 49.4 Å². The zero-order chi connectivity index (χ0) is 21.4. The first kappa shape index (κ1) is 22.9. The lowest BCUT2D eigenvalue weighted by molar-refractivity contribution is -0.0643. The van der Waals surface area contributed by atoms with Crippen LogP contribution in [0.1, 0.15) is 70.8 Å². The van der Waals surface area contributed by atoms with E-state index in [1.54, 1.807) is 7.11 Å². The first-order valence-electron chi connectivity index (χ1n) is 11.8. The molecule has 3 aliphatic rings. The summed E-state index contributed by atoms with van der Waals surface area (Å²) >= 11 is 0. The lowest BCUT2D eigenvalue weighted by Gasteiger charge is -2.45. The Morgan fingerprint density at radius 2 is 1.83 bits per heavy atom. The molecule has 0 atom stereocenters. The van der Waals surface area contributed by atoms with E-state index in [-0.39, 0.29) is 11.7 Å². The van der Waals surface area contributed by atoms with Crippen molar-refractivity contribution < 1.29 is 14.3 Å². The molecule has 0 saturated heterocycles. The molecule has 1 amide bonds. The Hall–Kier alpha value is -1.75. The molecule has 1 N–H and O–H groups in total. The van der Waals surface area contributed by atoms with Gasteiger partial charge in [-0.1, -0.05) is 18.2 Å². The Kier molecular flexibility index (Phi) is 8.43. The van der Waals surface area contributed by atoms with Crippen LogP contribution in [-0.2, 0) is 11.2 Å². The topological polar surface area (TPSA) is 50.8 Å². The Labute approximate surface area is 182 Å². The third-order valence-corrected chi connectivity index (χ3v) is 7.07. The molecule has 3 fully saturated rings. The fourth-order valence-electron chi connectivity index (χ4n) is 5.03.